The van der Waals surface area contributed by atoms with Gasteiger partial charge in [-0.15, -0.1) is 0 Å². The SMILES string of the molecule is C=C/C=C(\C=C/C)C(=N/C)/OC. The summed E-state index contributed by atoms with van der Waals surface area (Å²) in [4.78, 5) is 3.97. The third-order valence-corrected chi connectivity index (χ3v) is 1.29. The lowest BCUT2D eigenvalue weighted by Gasteiger charge is -2.03. The van der Waals surface area contributed by atoms with Gasteiger partial charge in [-0.3, -0.25) is 4.99 Å². The van der Waals surface area contributed by atoms with Gasteiger partial charge in [0.15, 0.2) is 0 Å². The van der Waals surface area contributed by atoms with Gasteiger partial charge in [0, 0.05) is 12.6 Å². The number of nitrogens with zero attached hydrogens (tertiary/aromatic N) is 1. The number of hydrogen-bond donors (Lipinski definition) is 0. The molecule has 0 aliphatic carbocycles. The first-order chi connectivity index (χ1) is 5.79. The topological polar surface area (TPSA) is 21.6 Å². The van der Waals surface area contributed by atoms with E-state index in [9.17, 15) is 0 Å². The maximum absolute atomic E-state index is 5.05. The second-order valence-corrected chi connectivity index (χ2v) is 2.09. The van der Waals surface area contributed by atoms with E-state index in [1.54, 1.807) is 20.2 Å². The Hall–Kier alpha value is -1.31. The summed E-state index contributed by atoms with van der Waals surface area (Å²) < 4.78 is 5.05. The van der Waals surface area contributed by atoms with Crippen LogP contribution in [0.1, 0.15) is 6.92 Å². The highest BCUT2D eigenvalue weighted by molar-refractivity contribution is 5.96. The molecule has 12 heavy (non-hydrogen) atoms. The van der Waals surface area contributed by atoms with Crippen molar-refractivity contribution >= 4 is 5.90 Å². The van der Waals surface area contributed by atoms with Crippen LogP contribution in [-0.2, 0) is 4.74 Å². The lowest BCUT2D eigenvalue weighted by molar-refractivity contribution is 0.404. The monoisotopic (exact) mass is 165 g/mol. The van der Waals surface area contributed by atoms with Crippen LogP contribution in [0.4, 0.5) is 0 Å². The Kier molecular flexibility index (Phi) is 5.70. The Morgan fingerprint density at radius 3 is 2.50 bits per heavy atom. The second-order valence-electron chi connectivity index (χ2n) is 2.09. The minimum atomic E-state index is 0.619. The minimum absolute atomic E-state index is 0.619. The van der Waals surface area contributed by atoms with E-state index in [0.717, 1.165) is 5.57 Å². The van der Waals surface area contributed by atoms with E-state index >= 15 is 0 Å². The molecule has 0 spiro atoms. The number of rotatable bonds is 3. The molecule has 0 rings (SSSR count). The van der Waals surface area contributed by atoms with E-state index in [0.29, 0.717) is 5.90 Å². The van der Waals surface area contributed by atoms with Gasteiger partial charge in [-0.1, -0.05) is 30.9 Å². The maximum Gasteiger partial charge on any atom is 0.215 e. The van der Waals surface area contributed by atoms with E-state index in [2.05, 4.69) is 11.6 Å². The molecule has 0 aliphatic heterocycles. The Balaban J connectivity index is 4.72. The van der Waals surface area contributed by atoms with E-state index in [-0.39, 0.29) is 0 Å². The van der Waals surface area contributed by atoms with Crippen LogP contribution in [0, 0.1) is 0 Å². The Bertz CT molecular complexity index is 224. The highest BCUT2D eigenvalue weighted by Crippen LogP contribution is 2.01. The van der Waals surface area contributed by atoms with Crippen LogP contribution >= 0.6 is 0 Å². The number of methoxy groups -OCH3 is 1. The van der Waals surface area contributed by atoms with Gasteiger partial charge >= 0.3 is 0 Å². The summed E-state index contributed by atoms with van der Waals surface area (Å²) in [5.74, 6) is 0.619. The molecule has 0 aromatic heterocycles. The molecule has 0 unspecified atom stereocenters. The van der Waals surface area contributed by atoms with Crippen molar-refractivity contribution < 1.29 is 4.74 Å². The quantitative estimate of drug-likeness (QED) is 0.357. The van der Waals surface area contributed by atoms with Gasteiger partial charge in [0.25, 0.3) is 0 Å². The van der Waals surface area contributed by atoms with Gasteiger partial charge in [-0.05, 0) is 6.92 Å². The average molecular weight is 165 g/mol. The molecule has 2 nitrogen and oxygen atoms in total. The van der Waals surface area contributed by atoms with Crippen LogP contribution in [0.25, 0.3) is 0 Å². The molecular weight excluding hydrogens is 150 g/mol. The molecule has 0 saturated heterocycles. The predicted molar refractivity (Wildman–Crippen MR) is 53.5 cm³/mol. The fourth-order valence-corrected chi connectivity index (χ4v) is 0.843. The highest BCUT2D eigenvalue weighted by Gasteiger charge is 1.99. The number of hydrogen-bond acceptors (Lipinski definition) is 2. The lowest BCUT2D eigenvalue weighted by Crippen LogP contribution is -2.03. The third-order valence-electron chi connectivity index (χ3n) is 1.29. The molecular formula is C10H15NO. The van der Waals surface area contributed by atoms with Crippen molar-refractivity contribution in [1.82, 2.24) is 0 Å². The van der Waals surface area contributed by atoms with Gasteiger partial charge in [0.2, 0.25) is 5.90 Å². The molecule has 0 N–H and O–H groups in total. The molecule has 0 heterocycles. The summed E-state index contributed by atoms with van der Waals surface area (Å²) in [6.07, 6.45) is 7.42. The van der Waals surface area contributed by atoms with Crippen molar-refractivity contribution in [3.63, 3.8) is 0 Å². The molecule has 0 aliphatic rings. The van der Waals surface area contributed by atoms with Crippen LogP contribution in [0.15, 0.2) is 41.4 Å². The lowest BCUT2D eigenvalue weighted by atomic mass is 10.2. The predicted octanol–water partition coefficient (Wildman–Crippen LogP) is 2.35. The van der Waals surface area contributed by atoms with Crippen molar-refractivity contribution in [2.75, 3.05) is 14.2 Å². The van der Waals surface area contributed by atoms with E-state index in [1.165, 1.54) is 0 Å². The van der Waals surface area contributed by atoms with Crippen molar-refractivity contribution in [1.29, 1.82) is 0 Å². The van der Waals surface area contributed by atoms with Crippen LogP contribution in [-0.4, -0.2) is 20.1 Å². The highest BCUT2D eigenvalue weighted by atomic mass is 16.5. The van der Waals surface area contributed by atoms with Gasteiger partial charge in [0.05, 0.1) is 7.11 Å². The first-order valence-corrected chi connectivity index (χ1v) is 3.76. The van der Waals surface area contributed by atoms with E-state index in [4.69, 9.17) is 4.74 Å². The average Bonchev–Trinajstić information content (AvgIpc) is 2.07. The molecule has 2 heteroatoms. The van der Waals surface area contributed by atoms with Crippen LogP contribution < -0.4 is 0 Å². The van der Waals surface area contributed by atoms with Crippen molar-refractivity contribution in [3.05, 3.63) is 36.5 Å². The standard InChI is InChI=1S/C10H15NO/c1-5-7-9(8-6-2)10(11-3)12-4/h5-8H,1H2,2-4H3/b8-6-,9-7+,11-10-. The first-order valence-electron chi connectivity index (χ1n) is 3.76. The molecule has 0 radical (unpaired) electrons. The molecule has 0 atom stereocenters. The fraction of sp³-hybridized carbons (Fsp3) is 0.300. The molecule has 0 saturated carbocycles. The Morgan fingerprint density at radius 2 is 2.17 bits per heavy atom. The largest absolute Gasteiger partial charge is 0.481 e. The minimum Gasteiger partial charge on any atom is -0.481 e. The molecule has 0 aromatic carbocycles. The van der Waals surface area contributed by atoms with E-state index < -0.39 is 0 Å². The zero-order chi connectivity index (χ0) is 9.40. The van der Waals surface area contributed by atoms with Gasteiger partial charge in [-0.2, -0.15) is 0 Å². The van der Waals surface area contributed by atoms with Crippen LogP contribution in [0.2, 0.25) is 0 Å². The fourth-order valence-electron chi connectivity index (χ4n) is 0.843. The molecule has 0 fully saturated rings. The van der Waals surface area contributed by atoms with Gasteiger partial charge < -0.3 is 4.74 Å². The second kappa shape index (κ2) is 6.40. The zero-order valence-corrected chi connectivity index (χ0v) is 7.87. The summed E-state index contributed by atoms with van der Waals surface area (Å²) in [5, 5.41) is 0. The van der Waals surface area contributed by atoms with Gasteiger partial charge in [0.1, 0.15) is 0 Å². The molecule has 0 bridgehead atoms. The van der Waals surface area contributed by atoms with Crippen molar-refractivity contribution in [2.24, 2.45) is 4.99 Å². The Morgan fingerprint density at radius 1 is 1.50 bits per heavy atom. The molecule has 0 amide bonds. The first kappa shape index (κ1) is 10.7. The van der Waals surface area contributed by atoms with Crippen molar-refractivity contribution in [2.45, 2.75) is 6.92 Å². The molecule has 66 valence electrons. The number of ether oxygens (including phenoxy) is 1. The zero-order valence-electron chi connectivity index (χ0n) is 7.87. The third kappa shape index (κ3) is 3.19. The summed E-state index contributed by atoms with van der Waals surface area (Å²) in [6.45, 7) is 5.56. The number of aliphatic imine (C=N–C) groups is 1. The Labute approximate surface area is 74.0 Å². The summed E-state index contributed by atoms with van der Waals surface area (Å²) in [7, 11) is 3.29. The maximum atomic E-state index is 5.05. The van der Waals surface area contributed by atoms with Crippen molar-refractivity contribution in [3.8, 4) is 0 Å². The van der Waals surface area contributed by atoms with Crippen LogP contribution in [0.3, 0.4) is 0 Å². The van der Waals surface area contributed by atoms with Gasteiger partial charge in [-0.25, -0.2) is 0 Å². The summed E-state index contributed by atoms with van der Waals surface area (Å²) in [5.41, 5.74) is 0.928. The normalized spacial score (nSPS) is 13.6. The summed E-state index contributed by atoms with van der Waals surface area (Å²) >= 11 is 0. The van der Waals surface area contributed by atoms with E-state index in [1.807, 2.05) is 25.2 Å². The van der Waals surface area contributed by atoms with Crippen LogP contribution in [0.5, 0.6) is 0 Å². The summed E-state index contributed by atoms with van der Waals surface area (Å²) in [6, 6.07) is 0. The molecule has 0 aromatic rings. The number of allylic oxidation sites excluding steroid dienone is 3. The smallest absolute Gasteiger partial charge is 0.215 e.